The number of nitrogens with zero attached hydrogens (tertiary/aromatic N) is 2. The fourth-order valence-electron chi connectivity index (χ4n) is 1.27. The van der Waals surface area contributed by atoms with Crippen molar-refractivity contribution in [1.82, 2.24) is 9.97 Å². The summed E-state index contributed by atoms with van der Waals surface area (Å²) in [4.78, 5) is 7.17. The van der Waals surface area contributed by atoms with Crippen LogP contribution in [-0.4, -0.2) is 9.97 Å². The van der Waals surface area contributed by atoms with E-state index in [0.29, 0.717) is 17.1 Å². The Balaban J connectivity index is 2.24. The smallest absolute Gasteiger partial charge is 0.218 e. The quantitative estimate of drug-likeness (QED) is 0.792. The Labute approximate surface area is 91.2 Å². The van der Waals surface area contributed by atoms with Gasteiger partial charge in [-0.3, -0.25) is 0 Å². The molecular formula is C11H9F2N3. The molecule has 82 valence electrons. The Morgan fingerprint density at radius 3 is 2.62 bits per heavy atom. The molecule has 0 amide bonds. The molecule has 2 aromatic rings. The van der Waals surface area contributed by atoms with Crippen LogP contribution in [0.5, 0.6) is 0 Å². The van der Waals surface area contributed by atoms with E-state index in [9.17, 15) is 8.78 Å². The van der Waals surface area contributed by atoms with E-state index in [2.05, 4.69) is 15.3 Å². The van der Waals surface area contributed by atoms with Gasteiger partial charge in [-0.15, -0.1) is 0 Å². The second-order valence-electron chi connectivity index (χ2n) is 3.31. The first-order valence-corrected chi connectivity index (χ1v) is 4.66. The largest absolute Gasteiger partial charge is 0.340 e. The Morgan fingerprint density at radius 1 is 1.12 bits per heavy atom. The highest BCUT2D eigenvalue weighted by molar-refractivity contribution is 5.56. The average molecular weight is 221 g/mol. The van der Waals surface area contributed by atoms with Crippen molar-refractivity contribution < 1.29 is 8.78 Å². The van der Waals surface area contributed by atoms with Crippen LogP contribution < -0.4 is 5.32 Å². The van der Waals surface area contributed by atoms with E-state index >= 15 is 0 Å². The van der Waals surface area contributed by atoms with Crippen molar-refractivity contribution in [2.24, 2.45) is 0 Å². The molecule has 16 heavy (non-hydrogen) atoms. The van der Waals surface area contributed by atoms with E-state index in [1.807, 2.05) is 0 Å². The molecule has 0 fully saturated rings. The molecule has 0 unspecified atom stereocenters. The monoisotopic (exact) mass is 221 g/mol. The normalized spacial score (nSPS) is 10.2. The summed E-state index contributed by atoms with van der Waals surface area (Å²) in [7, 11) is 0. The van der Waals surface area contributed by atoms with Crippen molar-refractivity contribution in [2.75, 3.05) is 5.32 Å². The molecule has 3 nitrogen and oxygen atoms in total. The molecule has 0 spiro atoms. The topological polar surface area (TPSA) is 37.8 Å². The van der Waals surface area contributed by atoms with Gasteiger partial charge in [-0.25, -0.2) is 14.4 Å². The SMILES string of the molecule is Cc1cc(Nc2cc(F)ncn2)ccc1F. The predicted molar refractivity (Wildman–Crippen MR) is 56.4 cm³/mol. The second kappa shape index (κ2) is 4.22. The molecule has 1 aromatic heterocycles. The number of rotatable bonds is 2. The fraction of sp³-hybridized carbons (Fsp3) is 0.0909. The lowest BCUT2D eigenvalue weighted by Crippen LogP contribution is -1.96. The summed E-state index contributed by atoms with van der Waals surface area (Å²) in [6.07, 6.45) is 1.12. The van der Waals surface area contributed by atoms with Gasteiger partial charge < -0.3 is 5.32 Å². The lowest BCUT2D eigenvalue weighted by atomic mass is 10.2. The van der Waals surface area contributed by atoms with Crippen LogP contribution in [0.1, 0.15) is 5.56 Å². The van der Waals surface area contributed by atoms with Crippen LogP contribution in [0.3, 0.4) is 0 Å². The van der Waals surface area contributed by atoms with Crippen LogP contribution >= 0.6 is 0 Å². The summed E-state index contributed by atoms with van der Waals surface area (Å²) in [5, 5.41) is 2.86. The van der Waals surface area contributed by atoms with Gasteiger partial charge in [0.25, 0.3) is 0 Å². The highest BCUT2D eigenvalue weighted by atomic mass is 19.1. The van der Waals surface area contributed by atoms with Crippen LogP contribution in [0.15, 0.2) is 30.6 Å². The molecule has 5 heteroatoms. The van der Waals surface area contributed by atoms with E-state index in [1.165, 1.54) is 12.1 Å². The van der Waals surface area contributed by atoms with Crippen molar-refractivity contribution in [2.45, 2.75) is 6.92 Å². The third kappa shape index (κ3) is 2.31. The van der Waals surface area contributed by atoms with Gasteiger partial charge in [0, 0.05) is 11.8 Å². The van der Waals surface area contributed by atoms with Crippen molar-refractivity contribution in [3.63, 3.8) is 0 Å². The molecule has 1 N–H and O–H groups in total. The van der Waals surface area contributed by atoms with Gasteiger partial charge in [-0.05, 0) is 30.7 Å². The highest BCUT2D eigenvalue weighted by Crippen LogP contribution is 2.17. The van der Waals surface area contributed by atoms with Crippen molar-refractivity contribution in [1.29, 1.82) is 0 Å². The van der Waals surface area contributed by atoms with E-state index in [0.717, 1.165) is 6.33 Å². The van der Waals surface area contributed by atoms with Crippen molar-refractivity contribution in [3.05, 3.63) is 47.9 Å². The summed E-state index contributed by atoms with van der Waals surface area (Å²) >= 11 is 0. The van der Waals surface area contributed by atoms with Crippen LogP contribution in [0, 0.1) is 18.7 Å². The number of hydrogen-bond acceptors (Lipinski definition) is 3. The minimum absolute atomic E-state index is 0.278. The standard InChI is InChI=1S/C11H9F2N3/c1-7-4-8(2-3-9(7)12)16-11-5-10(13)14-6-15-11/h2-6H,1H3,(H,14,15,16). The number of benzene rings is 1. The lowest BCUT2D eigenvalue weighted by molar-refractivity contribution is 0.580. The Morgan fingerprint density at radius 2 is 1.94 bits per heavy atom. The second-order valence-corrected chi connectivity index (χ2v) is 3.31. The van der Waals surface area contributed by atoms with Gasteiger partial charge >= 0.3 is 0 Å². The van der Waals surface area contributed by atoms with Crippen LogP contribution in [0.25, 0.3) is 0 Å². The summed E-state index contributed by atoms with van der Waals surface area (Å²) in [5.41, 5.74) is 1.16. The Bertz CT molecular complexity index is 514. The number of aryl methyl sites for hydroxylation is 1. The third-order valence-corrected chi connectivity index (χ3v) is 2.06. The maximum Gasteiger partial charge on any atom is 0.218 e. The summed E-state index contributed by atoms with van der Waals surface area (Å²) in [6.45, 7) is 1.65. The maximum absolute atomic E-state index is 13.0. The van der Waals surface area contributed by atoms with Gasteiger partial charge in [0.2, 0.25) is 5.95 Å². The molecule has 0 aliphatic rings. The number of anilines is 2. The molecule has 0 atom stereocenters. The van der Waals surface area contributed by atoms with Crippen LogP contribution in [-0.2, 0) is 0 Å². The first-order chi connectivity index (χ1) is 7.65. The molecule has 0 aliphatic carbocycles. The number of aromatic nitrogens is 2. The summed E-state index contributed by atoms with van der Waals surface area (Å²) in [6, 6.07) is 5.69. The first kappa shape index (κ1) is 10.5. The molecule has 0 aliphatic heterocycles. The van der Waals surface area contributed by atoms with E-state index in [1.54, 1.807) is 19.1 Å². The first-order valence-electron chi connectivity index (χ1n) is 4.66. The Kier molecular flexibility index (Phi) is 2.76. The van der Waals surface area contributed by atoms with E-state index in [4.69, 9.17) is 0 Å². The number of halogens is 2. The fourth-order valence-corrected chi connectivity index (χ4v) is 1.27. The number of hydrogen-bond donors (Lipinski definition) is 1. The van der Waals surface area contributed by atoms with Crippen molar-refractivity contribution >= 4 is 11.5 Å². The van der Waals surface area contributed by atoms with Crippen LogP contribution in [0.2, 0.25) is 0 Å². The number of nitrogens with one attached hydrogen (secondary N) is 1. The minimum atomic E-state index is -0.615. The highest BCUT2D eigenvalue weighted by Gasteiger charge is 2.01. The Hall–Kier alpha value is -2.04. The summed E-state index contributed by atoms with van der Waals surface area (Å²) < 4.78 is 25.8. The van der Waals surface area contributed by atoms with Gasteiger partial charge in [0.1, 0.15) is 18.0 Å². The molecule has 0 radical (unpaired) electrons. The molecule has 0 bridgehead atoms. The van der Waals surface area contributed by atoms with E-state index in [-0.39, 0.29) is 5.82 Å². The molecule has 1 aromatic carbocycles. The molecule has 1 heterocycles. The van der Waals surface area contributed by atoms with Crippen LogP contribution in [0.4, 0.5) is 20.3 Å². The summed E-state index contributed by atoms with van der Waals surface area (Å²) in [5.74, 6) is -0.561. The van der Waals surface area contributed by atoms with Gasteiger partial charge in [-0.2, -0.15) is 4.39 Å². The third-order valence-electron chi connectivity index (χ3n) is 2.06. The van der Waals surface area contributed by atoms with Gasteiger partial charge in [0.05, 0.1) is 0 Å². The average Bonchev–Trinajstić information content (AvgIpc) is 2.24. The van der Waals surface area contributed by atoms with Gasteiger partial charge in [0.15, 0.2) is 0 Å². The lowest BCUT2D eigenvalue weighted by Gasteiger charge is -2.06. The zero-order valence-electron chi connectivity index (χ0n) is 8.54. The molecule has 0 saturated heterocycles. The zero-order chi connectivity index (χ0) is 11.5. The maximum atomic E-state index is 13.0. The van der Waals surface area contributed by atoms with Crippen molar-refractivity contribution in [3.8, 4) is 0 Å². The van der Waals surface area contributed by atoms with E-state index < -0.39 is 5.95 Å². The molecule has 2 rings (SSSR count). The predicted octanol–water partition coefficient (Wildman–Crippen LogP) is 2.81. The zero-order valence-corrected chi connectivity index (χ0v) is 8.54. The minimum Gasteiger partial charge on any atom is -0.340 e. The molecule has 0 saturated carbocycles. The molecular weight excluding hydrogens is 212 g/mol. The van der Waals surface area contributed by atoms with Gasteiger partial charge in [-0.1, -0.05) is 0 Å².